The number of unbranched alkanes of at least 4 members (excludes halogenated alkanes) is 3. The van der Waals surface area contributed by atoms with Crippen molar-refractivity contribution in [2.24, 2.45) is 0 Å². The van der Waals surface area contributed by atoms with Crippen LogP contribution in [0.4, 0.5) is 0 Å². The number of benzene rings is 2. The van der Waals surface area contributed by atoms with Crippen molar-refractivity contribution in [2.45, 2.75) is 32.6 Å². The smallest absolute Gasteiger partial charge is 0.119 e. The molecule has 0 fully saturated rings. The Labute approximate surface area is 125 Å². The molecule has 0 N–H and O–H groups in total. The first kappa shape index (κ1) is 14.9. The van der Waals surface area contributed by atoms with E-state index in [-0.39, 0.29) is 0 Å². The van der Waals surface area contributed by atoms with Gasteiger partial charge in [0.2, 0.25) is 0 Å². The van der Waals surface area contributed by atoms with Crippen LogP contribution < -0.4 is 9.92 Å². The first-order chi connectivity index (χ1) is 9.81. The Hall–Kier alpha value is -1.54. The van der Waals surface area contributed by atoms with Crippen molar-refractivity contribution < 1.29 is 4.74 Å². The van der Waals surface area contributed by atoms with Gasteiger partial charge in [-0.2, -0.15) is 0 Å². The van der Waals surface area contributed by atoms with Crippen LogP contribution in [0.3, 0.4) is 0 Å². The lowest BCUT2D eigenvalue weighted by Crippen LogP contribution is -2.05. The molecule has 0 aliphatic rings. The molecular weight excluding hydrogens is 260 g/mol. The van der Waals surface area contributed by atoms with Gasteiger partial charge in [-0.1, -0.05) is 67.8 Å². The summed E-state index contributed by atoms with van der Waals surface area (Å²) in [6.07, 6.45) is 4.98. The summed E-state index contributed by atoms with van der Waals surface area (Å²) in [5.74, 6) is 0.990. The maximum absolute atomic E-state index is 5.87. The van der Waals surface area contributed by atoms with Gasteiger partial charge in [0.15, 0.2) is 0 Å². The minimum absolute atomic E-state index is 0.825. The SMILES string of the molecule is CCCCCCOc1cccc(-c2ccccc2[SiH3])c1. The largest absolute Gasteiger partial charge is 0.494 e. The van der Waals surface area contributed by atoms with Gasteiger partial charge in [-0.25, -0.2) is 0 Å². The maximum Gasteiger partial charge on any atom is 0.119 e. The van der Waals surface area contributed by atoms with Crippen LogP contribution in [-0.4, -0.2) is 16.8 Å². The monoisotopic (exact) mass is 284 g/mol. The summed E-state index contributed by atoms with van der Waals surface area (Å²) < 4.78 is 5.87. The van der Waals surface area contributed by atoms with Crippen molar-refractivity contribution in [3.8, 4) is 16.9 Å². The Morgan fingerprint density at radius 3 is 2.60 bits per heavy atom. The van der Waals surface area contributed by atoms with Crippen LogP contribution in [0.2, 0.25) is 0 Å². The Morgan fingerprint density at radius 2 is 1.80 bits per heavy atom. The zero-order chi connectivity index (χ0) is 14.2. The average molecular weight is 284 g/mol. The highest BCUT2D eigenvalue weighted by molar-refractivity contribution is 6.35. The maximum atomic E-state index is 5.87. The van der Waals surface area contributed by atoms with Crippen LogP contribution in [0.1, 0.15) is 32.6 Å². The van der Waals surface area contributed by atoms with E-state index in [9.17, 15) is 0 Å². The molecule has 106 valence electrons. The highest BCUT2D eigenvalue weighted by Gasteiger charge is 2.02. The van der Waals surface area contributed by atoms with E-state index in [1.54, 1.807) is 0 Å². The Balaban J connectivity index is 2.00. The van der Waals surface area contributed by atoms with E-state index in [4.69, 9.17) is 4.74 Å². The van der Waals surface area contributed by atoms with Crippen molar-refractivity contribution in [1.29, 1.82) is 0 Å². The normalized spacial score (nSPS) is 10.7. The molecule has 0 aliphatic heterocycles. The van der Waals surface area contributed by atoms with Crippen LogP contribution in [0.15, 0.2) is 48.5 Å². The number of hydrogen-bond acceptors (Lipinski definition) is 1. The summed E-state index contributed by atoms with van der Waals surface area (Å²) in [4.78, 5) is 0. The van der Waals surface area contributed by atoms with Crippen LogP contribution >= 0.6 is 0 Å². The molecule has 0 spiro atoms. The van der Waals surface area contributed by atoms with E-state index in [2.05, 4.69) is 55.5 Å². The molecule has 0 amide bonds. The molecule has 2 rings (SSSR count). The molecule has 0 aromatic heterocycles. The summed E-state index contributed by atoms with van der Waals surface area (Å²) in [5.41, 5.74) is 2.61. The topological polar surface area (TPSA) is 9.23 Å². The third kappa shape index (κ3) is 4.24. The van der Waals surface area contributed by atoms with E-state index in [1.165, 1.54) is 35.6 Å². The second-order valence-corrected chi connectivity index (χ2v) is 6.33. The van der Waals surface area contributed by atoms with Crippen molar-refractivity contribution >= 4 is 15.4 Å². The van der Waals surface area contributed by atoms with Gasteiger partial charge in [0.1, 0.15) is 5.75 Å². The lowest BCUT2D eigenvalue weighted by Gasteiger charge is -2.10. The van der Waals surface area contributed by atoms with Gasteiger partial charge in [-0.15, -0.1) is 0 Å². The van der Waals surface area contributed by atoms with Crippen molar-refractivity contribution in [3.05, 3.63) is 48.5 Å². The average Bonchev–Trinajstić information content (AvgIpc) is 2.48. The van der Waals surface area contributed by atoms with Gasteiger partial charge in [-0.3, -0.25) is 0 Å². The third-order valence-corrected chi connectivity index (χ3v) is 4.43. The first-order valence-electron chi connectivity index (χ1n) is 7.60. The fourth-order valence-electron chi connectivity index (χ4n) is 2.37. The lowest BCUT2D eigenvalue weighted by atomic mass is 10.1. The first-order valence-corrected chi connectivity index (χ1v) is 8.60. The molecule has 0 heterocycles. The molecule has 2 aromatic rings. The highest BCUT2D eigenvalue weighted by Crippen LogP contribution is 2.22. The van der Waals surface area contributed by atoms with E-state index in [1.807, 2.05) is 0 Å². The zero-order valence-corrected chi connectivity index (χ0v) is 14.6. The van der Waals surface area contributed by atoms with Crippen LogP contribution in [0.5, 0.6) is 5.75 Å². The summed E-state index contributed by atoms with van der Waals surface area (Å²) in [6.45, 7) is 3.06. The molecule has 0 radical (unpaired) electrons. The van der Waals surface area contributed by atoms with Crippen LogP contribution in [0, 0.1) is 0 Å². The summed E-state index contributed by atoms with van der Waals surface area (Å²) in [5, 5.41) is 1.44. The van der Waals surface area contributed by atoms with Crippen LogP contribution in [0.25, 0.3) is 11.1 Å². The molecule has 0 unspecified atom stereocenters. The zero-order valence-electron chi connectivity index (χ0n) is 12.6. The Kier molecular flexibility index (Phi) is 5.87. The molecule has 0 bridgehead atoms. The van der Waals surface area contributed by atoms with Crippen molar-refractivity contribution in [2.75, 3.05) is 6.61 Å². The predicted molar refractivity (Wildman–Crippen MR) is 91.1 cm³/mol. The molecule has 2 aromatic carbocycles. The van der Waals surface area contributed by atoms with Gasteiger partial charge >= 0.3 is 0 Å². The molecule has 0 atom stereocenters. The number of ether oxygens (including phenoxy) is 1. The Morgan fingerprint density at radius 1 is 0.950 bits per heavy atom. The van der Waals surface area contributed by atoms with Gasteiger partial charge < -0.3 is 4.74 Å². The summed E-state index contributed by atoms with van der Waals surface area (Å²) in [7, 11) is 1.07. The molecule has 0 aliphatic carbocycles. The number of hydrogen-bond donors (Lipinski definition) is 0. The third-order valence-electron chi connectivity index (χ3n) is 3.56. The van der Waals surface area contributed by atoms with E-state index in [0.29, 0.717) is 0 Å². The fraction of sp³-hybridized carbons (Fsp3) is 0.333. The highest BCUT2D eigenvalue weighted by atomic mass is 28.1. The second-order valence-electron chi connectivity index (χ2n) is 5.25. The minimum atomic E-state index is 0.825. The Bertz CT molecular complexity index is 536. The standard InChI is InChI=1S/C18H24OSi/c1-2-3-4-7-13-19-16-10-8-9-15(14-16)17-11-5-6-12-18(17)20/h5-6,8-12,14H,2-4,7,13H2,1,20H3. The minimum Gasteiger partial charge on any atom is -0.494 e. The summed E-state index contributed by atoms with van der Waals surface area (Å²) in [6, 6.07) is 17.1. The van der Waals surface area contributed by atoms with Crippen molar-refractivity contribution in [3.63, 3.8) is 0 Å². The van der Waals surface area contributed by atoms with E-state index >= 15 is 0 Å². The lowest BCUT2D eigenvalue weighted by molar-refractivity contribution is 0.305. The number of rotatable bonds is 7. The molecule has 2 heteroatoms. The molecule has 1 nitrogen and oxygen atoms in total. The van der Waals surface area contributed by atoms with Gasteiger partial charge in [-0.05, 0) is 29.7 Å². The molecule has 0 saturated heterocycles. The van der Waals surface area contributed by atoms with Gasteiger partial charge in [0, 0.05) is 10.2 Å². The van der Waals surface area contributed by atoms with E-state index in [0.717, 1.165) is 29.0 Å². The van der Waals surface area contributed by atoms with E-state index < -0.39 is 0 Å². The van der Waals surface area contributed by atoms with Gasteiger partial charge in [0.05, 0.1) is 6.61 Å². The summed E-state index contributed by atoms with van der Waals surface area (Å²) >= 11 is 0. The molecule has 20 heavy (non-hydrogen) atoms. The van der Waals surface area contributed by atoms with Gasteiger partial charge in [0.25, 0.3) is 0 Å². The fourth-order valence-corrected chi connectivity index (χ4v) is 3.02. The van der Waals surface area contributed by atoms with Crippen molar-refractivity contribution in [1.82, 2.24) is 0 Å². The molecule has 0 saturated carbocycles. The predicted octanol–water partition coefficient (Wildman–Crippen LogP) is 3.30. The quantitative estimate of drug-likeness (QED) is 0.560. The second kappa shape index (κ2) is 7.90. The van der Waals surface area contributed by atoms with Crippen LogP contribution in [-0.2, 0) is 0 Å². The molecular formula is C18H24OSi.